The lowest BCUT2D eigenvalue weighted by Crippen LogP contribution is -2.30. The first kappa shape index (κ1) is 21.4. The average molecular weight is 433 g/mol. The highest BCUT2D eigenvalue weighted by Gasteiger charge is 2.34. The van der Waals surface area contributed by atoms with Crippen LogP contribution in [0.3, 0.4) is 0 Å². The van der Waals surface area contributed by atoms with Crippen molar-refractivity contribution in [3.63, 3.8) is 0 Å². The summed E-state index contributed by atoms with van der Waals surface area (Å²) in [6, 6.07) is 19.1. The fourth-order valence-electron chi connectivity index (χ4n) is 3.61. The van der Waals surface area contributed by atoms with Gasteiger partial charge >= 0.3 is 6.18 Å². The van der Waals surface area contributed by atoms with E-state index in [4.69, 9.17) is 0 Å². The van der Waals surface area contributed by atoms with Crippen molar-refractivity contribution < 1.29 is 22.8 Å². The first-order valence-electron chi connectivity index (χ1n) is 10.1. The van der Waals surface area contributed by atoms with Gasteiger partial charge in [-0.15, -0.1) is 0 Å². The highest BCUT2D eigenvalue weighted by atomic mass is 19.4. The molecule has 3 aromatic carbocycles. The molecule has 0 fully saturated rings. The molecule has 3 nitrogen and oxygen atoms in total. The Morgan fingerprint density at radius 1 is 0.750 bits per heavy atom. The number of imide groups is 1. The Morgan fingerprint density at radius 2 is 1.34 bits per heavy atom. The summed E-state index contributed by atoms with van der Waals surface area (Å²) >= 11 is 0. The van der Waals surface area contributed by atoms with Crippen LogP contribution >= 0.6 is 0 Å². The maximum absolute atomic E-state index is 12.8. The molecule has 0 saturated carbocycles. The summed E-state index contributed by atoms with van der Waals surface area (Å²) in [5.74, 6) is 5.13. The topological polar surface area (TPSA) is 37.4 Å². The minimum absolute atomic E-state index is 0.272. The molecule has 0 N–H and O–H groups in total. The van der Waals surface area contributed by atoms with Crippen molar-refractivity contribution in [3.05, 3.63) is 106 Å². The number of aryl methyl sites for hydroxylation is 1. The van der Waals surface area contributed by atoms with Gasteiger partial charge in [-0.05, 0) is 60.9 Å². The number of carbonyl (C=O) groups is 2. The van der Waals surface area contributed by atoms with Gasteiger partial charge in [0.15, 0.2) is 0 Å². The van der Waals surface area contributed by atoms with Gasteiger partial charge in [0.2, 0.25) is 0 Å². The Morgan fingerprint density at radius 3 is 1.97 bits per heavy atom. The van der Waals surface area contributed by atoms with E-state index in [0.29, 0.717) is 36.1 Å². The molecular weight excluding hydrogens is 415 g/mol. The zero-order chi connectivity index (χ0) is 22.7. The molecule has 160 valence electrons. The first-order valence-corrected chi connectivity index (χ1v) is 10.1. The maximum Gasteiger partial charge on any atom is 0.416 e. The van der Waals surface area contributed by atoms with E-state index in [1.165, 1.54) is 17.0 Å². The molecule has 0 aliphatic carbocycles. The fraction of sp³-hybridized carbons (Fsp3) is 0.154. The molecule has 0 radical (unpaired) electrons. The van der Waals surface area contributed by atoms with Crippen molar-refractivity contribution in [1.82, 2.24) is 4.90 Å². The molecule has 0 unspecified atom stereocenters. The van der Waals surface area contributed by atoms with Crippen molar-refractivity contribution in [2.75, 3.05) is 6.54 Å². The largest absolute Gasteiger partial charge is 0.416 e. The number of benzene rings is 3. The SMILES string of the molecule is O=C1c2ccccc2C(=O)N1CCCc1cccc(C#Cc2cccc(C(F)(F)F)c2)c1. The van der Waals surface area contributed by atoms with Crippen molar-refractivity contribution >= 4 is 11.8 Å². The Balaban J connectivity index is 1.39. The molecule has 2 amide bonds. The second kappa shape index (κ2) is 8.72. The van der Waals surface area contributed by atoms with E-state index in [1.807, 2.05) is 18.2 Å². The number of hydrogen-bond donors (Lipinski definition) is 0. The van der Waals surface area contributed by atoms with Gasteiger partial charge in [-0.3, -0.25) is 14.5 Å². The third-order valence-corrected chi connectivity index (χ3v) is 5.19. The van der Waals surface area contributed by atoms with Crippen LogP contribution in [-0.4, -0.2) is 23.3 Å². The van der Waals surface area contributed by atoms with E-state index < -0.39 is 11.7 Å². The van der Waals surface area contributed by atoms with Crippen molar-refractivity contribution in [2.24, 2.45) is 0 Å². The Bertz CT molecular complexity index is 1220. The summed E-state index contributed by atoms with van der Waals surface area (Å²) in [6.45, 7) is 0.312. The highest BCUT2D eigenvalue weighted by Crippen LogP contribution is 2.29. The van der Waals surface area contributed by atoms with Crippen LogP contribution in [0, 0.1) is 11.8 Å². The van der Waals surface area contributed by atoms with Gasteiger partial charge in [0.25, 0.3) is 11.8 Å². The van der Waals surface area contributed by atoms with E-state index in [2.05, 4.69) is 11.8 Å². The molecule has 1 aliphatic heterocycles. The molecule has 0 bridgehead atoms. The lowest BCUT2D eigenvalue weighted by molar-refractivity contribution is -0.137. The van der Waals surface area contributed by atoms with Crippen LogP contribution in [0.1, 0.15) is 49.4 Å². The third kappa shape index (κ3) is 4.57. The Labute approximate surface area is 183 Å². The third-order valence-electron chi connectivity index (χ3n) is 5.19. The molecular formula is C26H18F3NO2. The van der Waals surface area contributed by atoms with Gasteiger partial charge in [0.1, 0.15) is 0 Å². The number of halogens is 3. The monoisotopic (exact) mass is 433 g/mol. The number of alkyl halides is 3. The van der Waals surface area contributed by atoms with Crippen LogP contribution in [0.2, 0.25) is 0 Å². The summed E-state index contributed by atoms with van der Waals surface area (Å²) in [7, 11) is 0. The van der Waals surface area contributed by atoms with Crippen LogP contribution < -0.4 is 0 Å². The zero-order valence-corrected chi connectivity index (χ0v) is 16.9. The van der Waals surface area contributed by atoms with Gasteiger partial charge in [-0.1, -0.05) is 42.2 Å². The quantitative estimate of drug-likeness (QED) is 0.412. The number of amides is 2. The van der Waals surface area contributed by atoms with E-state index >= 15 is 0 Å². The number of fused-ring (bicyclic) bond motifs is 1. The molecule has 32 heavy (non-hydrogen) atoms. The van der Waals surface area contributed by atoms with Gasteiger partial charge in [-0.25, -0.2) is 0 Å². The second-order valence-corrected chi connectivity index (χ2v) is 7.44. The molecule has 6 heteroatoms. The molecule has 0 saturated heterocycles. The van der Waals surface area contributed by atoms with Crippen LogP contribution in [0.5, 0.6) is 0 Å². The second-order valence-electron chi connectivity index (χ2n) is 7.44. The number of carbonyl (C=O) groups excluding carboxylic acids is 2. The van der Waals surface area contributed by atoms with Gasteiger partial charge in [-0.2, -0.15) is 13.2 Å². The van der Waals surface area contributed by atoms with Crippen LogP contribution in [0.15, 0.2) is 72.8 Å². The van der Waals surface area contributed by atoms with Crippen molar-refractivity contribution in [3.8, 4) is 11.8 Å². The first-order chi connectivity index (χ1) is 15.3. The van der Waals surface area contributed by atoms with E-state index in [1.54, 1.807) is 30.3 Å². The minimum Gasteiger partial charge on any atom is -0.274 e. The average Bonchev–Trinajstić information content (AvgIpc) is 3.03. The summed E-state index contributed by atoms with van der Waals surface area (Å²) in [6.07, 6.45) is -3.18. The lowest BCUT2D eigenvalue weighted by atomic mass is 10.1. The number of nitrogens with zero attached hydrogens (tertiary/aromatic N) is 1. The van der Waals surface area contributed by atoms with Crippen LogP contribution in [-0.2, 0) is 12.6 Å². The van der Waals surface area contributed by atoms with E-state index in [9.17, 15) is 22.8 Å². The predicted octanol–water partition coefficient (Wildman–Crippen LogP) is 5.33. The molecule has 0 spiro atoms. The number of hydrogen-bond acceptors (Lipinski definition) is 2. The van der Waals surface area contributed by atoms with Crippen LogP contribution in [0.4, 0.5) is 13.2 Å². The minimum atomic E-state index is -4.41. The molecule has 1 aliphatic rings. The summed E-state index contributed by atoms with van der Waals surface area (Å²) in [5.41, 5.74) is 2.08. The maximum atomic E-state index is 12.8. The summed E-state index contributed by atoms with van der Waals surface area (Å²) < 4.78 is 38.5. The summed E-state index contributed by atoms with van der Waals surface area (Å²) in [5, 5.41) is 0. The predicted molar refractivity (Wildman–Crippen MR) is 114 cm³/mol. The smallest absolute Gasteiger partial charge is 0.274 e. The highest BCUT2D eigenvalue weighted by molar-refractivity contribution is 6.21. The van der Waals surface area contributed by atoms with E-state index in [-0.39, 0.29) is 17.4 Å². The molecule has 4 rings (SSSR count). The number of rotatable bonds is 4. The molecule has 3 aromatic rings. The fourth-order valence-corrected chi connectivity index (χ4v) is 3.61. The Kier molecular flexibility index (Phi) is 5.83. The van der Waals surface area contributed by atoms with Gasteiger partial charge < -0.3 is 0 Å². The lowest BCUT2D eigenvalue weighted by Gasteiger charge is -2.13. The zero-order valence-electron chi connectivity index (χ0n) is 16.9. The standard InChI is InChI=1S/C26H18F3NO2/c27-26(28,29)21-10-4-8-20(17-21)14-13-19-7-3-6-18(16-19)9-5-15-30-24(31)22-11-1-2-12-23(22)25(30)32/h1-4,6-8,10-12,16-17H,5,9,15H2. The van der Waals surface area contributed by atoms with Gasteiger partial charge in [0, 0.05) is 17.7 Å². The Hall–Kier alpha value is -3.85. The van der Waals surface area contributed by atoms with Crippen molar-refractivity contribution in [2.45, 2.75) is 19.0 Å². The van der Waals surface area contributed by atoms with Crippen LogP contribution in [0.25, 0.3) is 0 Å². The van der Waals surface area contributed by atoms with Crippen molar-refractivity contribution in [1.29, 1.82) is 0 Å². The normalized spacial score (nSPS) is 13.0. The summed E-state index contributed by atoms with van der Waals surface area (Å²) in [4.78, 5) is 26.1. The van der Waals surface area contributed by atoms with E-state index in [0.717, 1.165) is 17.7 Å². The molecule has 0 aromatic heterocycles. The van der Waals surface area contributed by atoms with Gasteiger partial charge in [0.05, 0.1) is 16.7 Å². The molecule has 1 heterocycles. The molecule has 0 atom stereocenters.